The lowest BCUT2D eigenvalue weighted by molar-refractivity contribution is -0.148. The number of carboxylic acid groups (broad SMARTS) is 1. The quantitative estimate of drug-likeness (QED) is 0.207. The maximum Gasteiger partial charge on any atom is 0.434 e. The van der Waals surface area contributed by atoms with Crippen LogP contribution in [-0.4, -0.2) is 61.5 Å². The number of ether oxygens (including phenoxy) is 1. The van der Waals surface area contributed by atoms with Gasteiger partial charge in [-0.3, -0.25) is 4.90 Å². The predicted octanol–water partition coefficient (Wildman–Crippen LogP) is 7.02. The first-order valence-corrected chi connectivity index (χ1v) is 13.7. The number of nitrogens with zero attached hydrogens (tertiary/aromatic N) is 5. The van der Waals surface area contributed by atoms with E-state index in [-0.39, 0.29) is 29.0 Å². The van der Waals surface area contributed by atoms with Gasteiger partial charge in [0.05, 0.1) is 23.5 Å². The smallest absolute Gasteiger partial charge is 0.434 e. The van der Waals surface area contributed by atoms with Crippen molar-refractivity contribution in [2.75, 3.05) is 19.6 Å². The van der Waals surface area contributed by atoms with Gasteiger partial charge in [0.25, 0.3) is 5.95 Å². The van der Waals surface area contributed by atoms with Crippen LogP contribution in [0.1, 0.15) is 45.9 Å². The highest BCUT2D eigenvalue weighted by molar-refractivity contribution is 6.32. The van der Waals surface area contributed by atoms with Gasteiger partial charge in [-0.05, 0) is 61.2 Å². The Morgan fingerprint density at radius 3 is 2.36 bits per heavy atom. The zero-order chi connectivity index (χ0) is 31.6. The highest BCUT2D eigenvalue weighted by Crippen LogP contribution is 2.37. The minimum absolute atomic E-state index is 0.0817. The molecule has 2 aromatic heterocycles. The maximum atomic E-state index is 13.7. The molecular formula is C29H24ClF6N5O3. The van der Waals surface area contributed by atoms with E-state index >= 15 is 0 Å². The monoisotopic (exact) mass is 639 g/mol. The van der Waals surface area contributed by atoms with Gasteiger partial charge in [0.15, 0.2) is 5.69 Å². The van der Waals surface area contributed by atoms with Gasteiger partial charge in [0, 0.05) is 11.8 Å². The van der Waals surface area contributed by atoms with Gasteiger partial charge in [-0.15, -0.1) is 0 Å². The van der Waals surface area contributed by atoms with Crippen LogP contribution in [0.2, 0.25) is 5.02 Å². The molecule has 3 heterocycles. The van der Waals surface area contributed by atoms with E-state index in [4.69, 9.17) is 16.3 Å². The molecule has 0 amide bonds. The van der Waals surface area contributed by atoms with E-state index < -0.39 is 42.1 Å². The Balaban J connectivity index is 1.32. The number of benzene rings is 2. The van der Waals surface area contributed by atoms with Crippen molar-refractivity contribution in [1.29, 1.82) is 0 Å². The lowest BCUT2D eigenvalue weighted by Crippen LogP contribution is -2.39. The first-order valence-electron chi connectivity index (χ1n) is 13.3. The van der Waals surface area contributed by atoms with Gasteiger partial charge in [-0.25, -0.2) is 14.8 Å². The van der Waals surface area contributed by atoms with Crippen molar-refractivity contribution >= 4 is 17.6 Å². The van der Waals surface area contributed by atoms with Gasteiger partial charge < -0.3 is 9.84 Å². The summed E-state index contributed by atoms with van der Waals surface area (Å²) in [6, 6.07) is 13.8. The maximum absolute atomic E-state index is 13.7. The number of halogens is 7. The lowest BCUT2D eigenvalue weighted by atomic mass is 9.89. The SMILES string of the molecule is O=C(O)c1cnn(-c2nccc(-c3cccc(Cl)c3OCc3ccc(C4CCN(CC(F)(F)F)CC4)cc3)n2)c1C(F)(F)F. The second kappa shape index (κ2) is 12.4. The molecule has 2 aromatic carbocycles. The molecule has 1 fully saturated rings. The Hall–Kier alpha value is -4.17. The van der Waals surface area contributed by atoms with Gasteiger partial charge in [0.1, 0.15) is 17.9 Å². The minimum atomic E-state index is -5.05. The molecule has 5 rings (SSSR count). The van der Waals surface area contributed by atoms with Crippen LogP contribution in [0.3, 0.4) is 0 Å². The van der Waals surface area contributed by atoms with Crippen molar-refractivity contribution in [3.05, 3.63) is 88.3 Å². The first-order chi connectivity index (χ1) is 20.8. The molecule has 0 aliphatic carbocycles. The van der Waals surface area contributed by atoms with E-state index in [0.29, 0.717) is 42.4 Å². The normalized spacial score (nSPS) is 15.0. The number of hydrogen-bond acceptors (Lipinski definition) is 6. The minimum Gasteiger partial charge on any atom is -0.487 e. The van der Waals surface area contributed by atoms with Crippen molar-refractivity contribution in [3.8, 4) is 23.0 Å². The largest absolute Gasteiger partial charge is 0.487 e. The summed E-state index contributed by atoms with van der Waals surface area (Å²) >= 11 is 6.43. The molecular weight excluding hydrogens is 616 g/mol. The van der Waals surface area contributed by atoms with Crippen molar-refractivity contribution in [2.45, 2.75) is 37.7 Å². The molecule has 0 atom stereocenters. The van der Waals surface area contributed by atoms with Crippen LogP contribution in [-0.2, 0) is 12.8 Å². The van der Waals surface area contributed by atoms with Crippen LogP contribution < -0.4 is 4.74 Å². The van der Waals surface area contributed by atoms with Gasteiger partial charge in [0.2, 0.25) is 0 Å². The number of aromatic carboxylic acids is 1. The Labute approximate surface area is 251 Å². The number of piperidine rings is 1. The van der Waals surface area contributed by atoms with Crippen molar-refractivity contribution < 1.29 is 41.0 Å². The molecule has 1 saturated heterocycles. The van der Waals surface area contributed by atoms with Crippen molar-refractivity contribution in [1.82, 2.24) is 24.6 Å². The average molecular weight is 640 g/mol. The molecule has 1 aliphatic rings. The standard InChI is InChI=1S/C29H24ClF6N5O3/c30-22-3-1-2-20(23-8-11-37-27(39-23)41-25(29(34,35)36)21(14-38-41)26(42)43)24(22)44-15-17-4-6-18(7-5-17)19-9-12-40(13-10-19)16-28(31,32)33/h1-8,11,14,19H,9-10,12-13,15-16H2,(H,42,43). The molecule has 1 N–H and O–H groups in total. The Bertz CT molecular complexity index is 1630. The first kappa shape index (κ1) is 31.3. The number of likely N-dealkylation sites (tertiary alicyclic amines) is 1. The molecule has 0 radical (unpaired) electrons. The lowest BCUT2D eigenvalue weighted by Gasteiger charge is -2.32. The summed E-state index contributed by atoms with van der Waals surface area (Å²) in [5.41, 5.74) is -0.265. The number of para-hydroxylation sites is 1. The third-order valence-electron chi connectivity index (χ3n) is 7.17. The number of aromatic nitrogens is 4. The van der Waals surface area contributed by atoms with Crippen LogP contribution in [0.15, 0.2) is 60.9 Å². The van der Waals surface area contributed by atoms with E-state index in [1.807, 2.05) is 24.3 Å². The van der Waals surface area contributed by atoms with E-state index in [1.165, 1.54) is 17.2 Å². The Morgan fingerprint density at radius 1 is 1.02 bits per heavy atom. The van der Waals surface area contributed by atoms with E-state index in [9.17, 15) is 36.2 Å². The summed E-state index contributed by atoms with van der Waals surface area (Å²) in [5.74, 6) is -1.95. The van der Waals surface area contributed by atoms with Gasteiger partial charge >= 0.3 is 18.3 Å². The number of alkyl halides is 6. The summed E-state index contributed by atoms with van der Waals surface area (Å²) in [5, 5.41) is 13.0. The molecule has 4 aromatic rings. The molecule has 0 unspecified atom stereocenters. The van der Waals surface area contributed by atoms with Crippen LogP contribution >= 0.6 is 11.6 Å². The van der Waals surface area contributed by atoms with Crippen molar-refractivity contribution in [3.63, 3.8) is 0 Å². The summed E-state index contributed by atoms with van der Waals surface area (Å²) in [6.45, 7) is -0.0837. The Morgan fingerprint density at radius 2 is 1.73 bits per heavy atom. The zero-order valence-corrected chi connectivity index (χ0v) is 23.5. The number of rotatable bonds is 8. The van der Waals surface area contributed by atoms with Crippen LogP contribution in [0, 0.1) is 0 Å². The third kappa shape index (κ3) is 7.13. The van der Waals surface area contributed by atoms with E-state index in [0.717, 1.165) is 11.1 Å². The topological polar surface area (TPSA) is 93.4 Å². The molecule has 0 bridgehead atoms. The second-order valence-corrected chi connectivity index (χ2v) is 10.6. The van der Waals surface area contributed by atoms with E-state index in [2.05, 4.69) is 15.1 Å². The van der Waals surface area contributed by atoms with Crippen LogP contribution in [0.4, 0.5) is 26.3 Å². The molecule has 8 nitrogen and oxygen atoms in total. The highest BCUT2D eigenvalue weighted by Gasteiger charge is 2.41. The average Bonchev–Trinajstić information content (AvgIpc) is 3.43. The second-order valence-electron chi connectivity index (χ2n) is 10.2. The fourth-order valence-electron chi connectivity index (χ4n) is 5.11. The molecule has 15 heteroatoms. The molecule has 0 spiro atoms. The number of carbonyl (C=O) groups is 1. The summed E-state index contributed by atoms with van der Waals surface area (Å²) in [6.07, 6.45) is -6.23. The summed E-state index contributed by atoms with van der Waals surface area (Å²) in [4.78, 5) is 20.8. The zero-order valence-electron chi connectivity index (χ0n) is 22.7. The fourth-order valence-corrected chi connectivity index (χ4v) is 5.34. The molecule has 232 valence electrons. The predicted molar refractivity (Wildman–Crippen MR) is 147 cm³/mol. The Kier molecular flexibility index (Phi) is 8.84. The van der Waals surface area contributed by atoms with Gasteiger partial charge in [-0.1, -0.05) is 41.9 Å². The fraction of sp³-hybridized carbons (Fsp3) is 0.310. The van der Waals surface area contributed by atoms with E-state index in [1.54, 1.807) is 18.2 Å². The van der Waals surface area contributed by atoms with Crippen molar-refractivity contribution in [2.24, 2.45) is 0 Å². The molecule has 1 aliphatic heterocycles. The third-order valence-corrected chi connectivity index (χ3v) is 7.47. The van der Waals surface area contributed by atoms with Gasteiger partial charge in [-0.2, -0.15) is 36.1 Å². The molecule has 0 saturated carbocycles. The van der Waals surface area contributed by atoms with Crippen LogP contribution in [0.25, 0.3) is 17.2 Å². The highest BCUT2D eigenvalue weighted by atomic mass is 35.5. The summed E-state index contributed by atoms with van der Waals surface area (Å²) < 4.78 is 85.6. The van der Waals surface area contributed by atoms with Crippen LogP contribution in [0.5, 0.6) is 5.75 Å². The summed E-state index contributed by atoms with van der Waals surface area (Å²) in [7, 11) is 0. The number of hydrogen-bond donors (Lipinski definition) is 1. The molecule has 44 heavy (non-hydrogen) atoms. The number of carboxylic acids is 1.